The van der Waals surface area contributed by atoms with Crippen LogP contribution < -0.4 is 4.74 Å². The molecule has 0 saturated carbocycles. The normalized spacial score (nSPS) is 13.0. The van der Waals surface area contributed by atoms with E-state index in [9.17, 15) is 9.59 Å². The molecule has 0 unspecified atom stereocenters. The van der Waals surface area contributed by atoms with Gasteiger partial charge >= 0.3 is 0 Å². The van der Waals surface area contributed by atoms with E-state index in [2.05, 4.69) is 33.2 Å². The summed E-state index contributed by atoms with van der Waals surface area (Å²) < 4.78 is 7.57. The van der Waals surface area contributed by atoms with Gasteiger partial charge < -0.3 is 4.74 Å². The maximum absolute atomic E-state index is 12.7. The van der Waals surface area contributed by atoms with Gasteiger partial charge in [0, 0.05) is 24.3 Å². The molecule has 0 N–H and O–H groups in total. The number of hydrogen-bond donors (Lipinski definition) is 0. The number of carbonyl (C=O) groups excluding carboxylic acids is 2. The molecule has 29 heavy (non-hydrogen) atoms. The van der Waals surface area contributed by atoms with Crippen molar-refractivity contribution in [3.8, 4) is 5.75 Å². The van der Waals surface area contributed by atoms with Crippen LogP contribution in [0.3, 0.4) is 0 Å². The highest BCUT2D eigenvalue weighted by atomic mass is 79.9. The summed E-state index contributed by atoms with van der Waals surface area (Å²) in [7, 11) is 0. The van der Waals surface area contributed by atoms with Gasteiger partial charge in [-0.25, -0.2) is 4.68 Å². The lowest BCUT2D eigenvalue weighted by atomic mass is 10.0. The highest BCUT2D eigenvalue weighted by Crippen LogP contribution is 2.40. The van der Waals surface area contributed by atoms with E-state index in [1.807, 2.05) is 30.3 Å². The van der Waals surface area contributed by atoms with Crippen LogP contribution in [0.2, 0.25) is 0 Å². The maximum atomic E-state index is 12.7. The zero-order chi connectivity index (χ0) is 20.4. The molecule has 0 aliphatic heterocycles. The Kier molecular flexibility index (Phi) is 5.45. The summed E-state index contributed by atoms with van der Waals surface area (Å²) in [5.74, 6) is 0.375. The van der Waals surface area contributed by atoms with Gasteiger partial charge in [0.1, 0.15) is 5.75 Å². The van der Waals surface area contributed by atoms with Crippen molar-refractivity contribution in [1.29, 1.82) is 0 Å². The number of benzene rings is 2. The van der Waals surface area contributed by atoms with Gasteiger partial charge in [0.05, 0.1) is 16.8 Å². The number of rotatable bonds is 6. The topological polar surface area (TPSA) is 61.2 Å². The summed E-state index contributed by atoms with van der Waals surface area (Å²) >= 11 is 3.40. The Bertz CT molecular complexity index is 1120. The minimum absolute atomic E-state index is 0.109. The number of hydrogen-bond acceptors (Lipinski definition) is 4. The average molecular weight is 451 g/mol. The highest BCUT2D eigenvalue weighted by Gasteiger charge is 2.30. The third kappa shape index (κ3) is 3.93. The Morgan fingerprint density at radius 3 is 2.62 bits per heavy atom. The molecule has 4 rings (SSSR count). The van der Waals surface area contributed by atoms with Crippen molar-refractivity contribution >= 4 is 33.2 Å². The zero-order valence-corrected chi connectivity index (χ0v) is 17.5. The first-order valence-corrected chi connectivity index (χ1v) is 10.2. The van der Waals surface area contributed by atoms with Gasteiger partial charge in [-0.1, -0.05) is 30.3 Å². The Morgan fingerprint density at radius 1 is 1.10 bits per heavy atom. The molecule has 0 spiro atoms. The number of fused-ring (bicyclic) bond motifs is 1. The van der Waals surface area contributed by atoms with Crippen molar-refractivity contribution in [3.05, 3.63) is 87.7 Å². The van der Waals surface area contributed by atoms with Crippen LogP contribution in [-0.2, 0) is 6.42 Å². The van der Waals surface area contributed by atoms with Gasteiger partial charge in [0.15, 0.2) is 0 Å². The standard InChI is InChI=1S/C23H19BrN2O3/c1-15(27)26-12-11-20(25-26)21-18-10-9-17(14-19(18)23(28)22(21)24)29-13-5-8-16-6-3-2-4-7-16/h2-4,6-7,9-12,14H,5,8,13H2,1H3. The molecule has 2 aromatic carbocycles. The van der Waals surface area contributed by atoms with Gasteiger partial charge in [0.2, 0.25) is 11.7 Å². The predicted octanol–water partition coefficient (Wildman–Crippen LogP) is 4.91. The van der Waals surface area contributed by atoms with Crippen molar-refractivity contribution in [1.82, 2.24) is 9.78 Å². The van der Waals surface area contributed by atoms with Crippen LogP contribution in [-0.4, -0.2) is 28.1 Å². The Morgan fingerprint density at radius 2 is 1.90 bits per heavy atom. The monoisotopic (exact) mass is 450 g/mol. The lowest BCUT2D eigenvalue weighted by molar-refractivity contribution is 0.0920. The predicted molar refractivity (Wildman–Crippen MR) is 115 cm³/mol. The second kappa shape index (κ2) is 8.17. The minimum Gasteiger partial charge on any atom is -0.494 e. The van der Waals surface area contributed by atoms with E-state index in [1.165, 1.54) is 17.2 Å². The fourth-order valence-corrected chi connectivity index (χ4v) is 3.99. The van der Waals surface area contributed by atoms with Crippen molar-refractivity contribution in [3.63, 3.8) is 0 Å². The smallest absolute Gasteiger partial charge is 0.243 e. The Balaban J connectivity index is 1.48. The van der Waals surface area contributed by atoms with Gasteiger partial charge in [0.25, 0.3) is 0 Å². The molecule has 0 bridgehead atoms. The van der Waals surface area contributed by atoms with Gasteiger partial charge in [-0.15, -0.1) is 0 Å². The molecule has 1 heterocycles. The molecule has 146 valence electrons. The van der Waals surface area contributed by atoms with E-state index in [-0.39, 0.29) is 11.7 Å². The van der Waals surface area contributed by atoms with Crippen LogP contribution in [0.25, 0.3) is 5.57 Å². The van der Waals surface area contributed by atoms with E-state index in [0.717, 1.165) is 18.4 Å². The molecule has 0 amide bonds. The molecule has 6 heteroatoms. The summed E-state index contributed by atoms with van der Waals surface area (Å²) in [5, 5.41) is 4.28. The fourth-order valence-electron chi connectivity index (χ4n) is 3.36. The van der Waals surface area contributed by atoms with E-state index in [0.29, 0.717) is 33.7 Å². The highest BCUT2D eigenvalue weighted by molar-refractivity contribution is 9.12. The molecule has 5 nitrogen and oxygen atoms in total. The van der Waals surface area contributed by atoms with Crippen LogP contribution in [0.15, 0.2) is 65.3 Å². The van der Waals surface area contributed by atoms with Crippen LogP contribution in [0.4, 0.5) is 0 Å². The Labute approximate surface area is 177 Å². The second-order valence-electron chi connectivity index (χ2n) is 6.83. The van der Waals surface area contributed by atoms with E-state index in [1.54, 1.807) is 18.3 Å². The van der Waals surface area contributed by atoms with Crippen LogP contribution in [0.5, 0.6) is 5.75 Å². The lowest BCUT2D eigenvalue weighted by Crippen LogP contribution is -2.06. The quantitative estimate of drug-likeness (QED) is 0.500. The number of allylic oxidation sites excluding steroid dienone is 1. The summed E-state index contributed by atoms with van der Waals surface area (Å²) in [6.45, 7) is 2.02. The molecule has 1 aromatic heterocycles. The summed E-state index contributed by atoms with van der Waals surface area (Å²) in [6.07, 6.45) is 3.43. The number of halogens is 1. The van der Waals surface area contributed by atoms with Crippen LogP contribution in [0.1, 0.15) is 45.3 Å². The number of nitrogens with zero attached hydrogens (tertiary/aromatic N) is 2. The maximum Gasteiger partial charge on any atom is 0.243 e. The third-order valence-electron chi connectivity index (χ3n) is 4.81. The molecule has 0 fully saturated rings. The van der Waals surface area contributed by atoms with Gasteiger partial charge in [-0.2, -0.15) is 5.10 Å². The number of carbonyl (C=O) groups is 2. The molecule has 1 aliphatic rings. The molecular weight excluding hydrogens is 432 g/mol. The molecular formula is C23H19BrN2O3. The molecule has 0 saturated heterocycles. The number of ether oxygens (including phenoxy) is 1. The number of aromatic nitrogens is 2. The summed E-state index contributed by atoms with van der Waals surface area (Å²) in [4.78, 5) is 24.2. The van der Waals surface area contributed by atoms with Crippen molar-refractivity contribution < 1.29 is 14.3 Å². The summed E-state index contributed by atoms with van der Waals surface area (Å²) in [6, 6.07) is 17.5. The van der Waals surface area contributed by atoms with Gasteiger partial charge in [-0.3, -0.25) is 9.59 Å². The van der Waals surface area contributed by atoms with E-state index < -0.39 is 0 Å². The first-order valence-electron chi connectivity index (χ1n) is 9.37. The molecule has 0 atom stereocenters. The van der Waals surface area contributed by atoms with Crippen molar-refractivity contribution in [2.75, 3.05) is 6.61 Å². The van der Waals surface area contributed by atoms with E-state index >= 15 is 0 Å². The number of ketones is 1. The lowest BCUT2D eigenvalue weighted by Gasteiger charge is -2.09. The fraction of sp³-hybridized carbons (Fsp3) is 0.174. The van der Waals surface area contributed by atoms with Crippen molar-refractivity contribution in [2.45, 2.75) is 19.8 Å². The molecule has 1 aliphatic carbocycles. The Hall–Kier alpha value is -2.99. The third-order valence-corrected chi connectivity index (χ3v) is 5.57. The van der Waals surface area contributed by atoms with Crippen LogP contribution >= 0.6 is 15.9 Å². The van der Waals surface area contributed by atoms with Crippen LogP contribution in [0, 0.1) is 0 Å². The first-order chi connectivity index (χ1) is 14.0. The molecule has 0 radical (unpaired) electrons. The van der Waals surface area contributed by atoms with E-state index in [4.69, 9.17) is 4.74 Å². The minimum atomic E-state index is -0.184. The number of aryl methyl sites for hydroxylation is 1. The first kappa shape index (κ1) is 19.3. The van der Waals surface area contributed by atoms with Gasteiger partial charge in [-0.05, 0) is 64.2 Å². The average Bonchev–Trinajstić information content (AvgIpc) is 3.30. The SMILES string of the molecule is CC(=O)n1ccc(C2=C(Br)C(=O)c3cc(OCCCc4ccccc4)ccc32)n1. The summed E-state index contributed by atoms with van der Waals surface area (Å²) in [5.41, 5.74) is 3.91. The number of Topliss-reactive ketones (excluding diaryl/α,β-unsaturated/α-hetero) is 1. The second-order valence-corrected chi connectivity index (χ2v) is 7.62. The van der Waals surface area contributed by atoms with Crippen molar-refractivity contribution in [2.24, 2.45) is 0 Å². The zero-order valence-electron chi connectivity index (χ0n) is 15.9. The largest absolute Gasteiger partial charge is 0.494 e. The molecule has 3 aromatic rings.